The molecule has 0 saturated carbocycles. The third-order valence-corrected chi connectivity index (χ3v) is 5.20. The van der Waals surface area contributed by atoms with Gasteiger partial charge in [-0.05, 0) is 35.6 Å². The van der Waals surface area contributed by atoms with Gasteiger partial charge < -0.3 is 15.0 Å². The van der Waals surface area contributed by atoms with Crippen molar-refractivity contribution in [3.05, 3.63) is 46.1 Å². The summed E-state index contributed by atoms with van der Waals surface area (Å²) in [6, 6.07) is 9.50. The van der Waals surface area contributed by atoms with E-state index in [2.05, 4.69) is 21.2 Å². The fourth-order valence-electron chi connectivity index (χ4n) is 3.48. The van der Waals surface area contributed by atoms with Gasteiger partial charge in [0.1, 0.15) is 13.1 Å². The number of carboxylic acid groups (broad SMARTS) is 1. The number of hydrogen-bond donors (Lipinski definition) is 2. The van der Waals surface area contributed by atoms with E-state index in [0.29, 0.717) is 18.4 Å². The van der Waals surface area contributed by atoms with Crippen LogP contribution in [0.4, 0.5) is 0 Å². The molecule has 0 saturated heterocycles. The smallest absolute Gasteiger partial charge is 0.322 e. The number of fused-ring (bicyclic) bond motifs is 1. The highest BCUT2D eigenvalue weighted by atomic mass is 79.9. The molecule has 6 nitrogen and oxygen atoms in total. The van der Waals surface area contributed by atoms with Crippen LogP contribution in [0.3, 0.4) is 0 Å². The molecule has 2 N–H and O–H groups in total. The number of hydrogen-bond acceptors (Lipinski definition) is 3. The minimum absolute atomic E-state index is 0.0304. The van der Waals surface area contributed by atoms with Crippen LogP contribution in [0.2, 0.25) is 0 Å². The minimum atomic E-state index is -1.10. The number of carboxylic acids is 1. The predicted molar refractivity (Wildman–Crippen MR) is 105 cm³/mol. The Kier molecular flexibility index (Phi) is 5.24. The van der Waals surface area contributed by atoms with Crippen molar-refractivity contribution in [2.75, 3.05) is 6.54 Å². The molecule has 0 atom stereocenters. The van der Waals surface area contributed by atoms with Gasteiger partial charge in [0, 0.05) is 27.8 Å². The molecule has 1 amide bonds. The Morgan fingerprint density at radius 1 is 1.22 bits per heavy atom. The summed E-state index contributed by atoms with van der Waals surface area (Å²) in [7, 11) is 0. The van der Waals surface area contributed by atoms with Crippen LogP contribution >= 0.6 is 15.9 Å². The second kappa shape index (κ2) is 7.31. The molecule has 1 aromatic heterocycles. The first-order chi connectivity index (χ1) is 12.7. The van der Waals surface area contributed by atoms with Gasteiger partial charge in [-0.15, -0.1) is 0 Å². The lowest BCUT2D eigenvalue weighted by molar-refractivity contribution is -0.138. The third kappa shape index (κ3) is 4.30. The molecule has 7 heteroatoms. The molecule has 0 unspecified atom stereocenters. The van der Waals surface area contributed by atoms with E-state index in [1.807, 2.05) is 48.7 Å². The monoisotopic (exact) mass is 432 g/mol. The van der Waals surface area contributed by atoms with Crippen LogP contribution in [0, 0.1) is 5.41 Å². The van der Waals surface area contributed by atoms with E-state index >= 15 is 0 Å². The molecule has 0 radical (unpaired) electrons. The summed E-state index contributed by atoms with van der Waals surface area (Å²) in [6.07, 6.45) is 1.14. The molecule has 3 rings (SSSR count). The van der Waals surface area contributed by atoms with Crippen LogP contribution < -0.4 is 5.32 Å². The molecule has 27 heavy (non-hydrogen) atoms. The number of benzene rings is 1. The normalized spacial score (nSPS) is 15.3. The highest BCUT2D eigenvalue weighted by Crippen LogP contribution is 2.38. The van der Waals surface area contributed by atoms with Gasteiger partial charge in [0.05, 0.1) is 0 Å². The first kappa shape index (κ1) is 19.4. The van der Waals surface area contributed by atoms with Crippen molar-refractivity contribution >= 4 is 33.6 Å². The van der Waals surface area contributed by atoms with Gasteiger partial charge >= 0.3 is 5.97 Å². The number of aliphatic carboxylic acids is 1. The molecule has 1 aromatic carbocycles. The SMILES string of the molecule is CC1(C)CC(=O)c2cc(-c3ccc(Br)cc3)n(CC(=O)NCC(=O)O)c2C1. The predicted octanol–water partition coefficient (Wildman–Crippen LogP) is 3.27. The van der Waals surface area contributed by atoms with E-state index in [1.165, 1.54) is 0 Å². The van der Waals surface area contributed by atoms with Crippen LogP contribution in [-0.4, -0.2) is 33.9 Å². The first-order valence-corrected chi connectivity index (χ1v) is 9.45. The Bertz CT molecular complexity index is 913. The Labute approximate surface area is 165 Å². The lowest BCUT2D eigenvalue weighted by Crippen LogP contribution is -2.34. The van der Waals surface area contributed by atoms with Crippen molar-refractivity contribution in [3.8, 4) is 11.3 Å². The number of aromatic nitrogens is 1. The molecule has 0 aliphatic heterocycles. The quantitative estimate of drug-likeness (QED) is 0.758. The number of nitrogens with one attached hydrogen (secondary N) is 1. The zero-order chi connectivity index (χ0) is 19.8. The summed E-state index contributed by atoms with van der Waals surface area (Å²) in [5, 5.41) is 11.2. The number of amides is 1. The van der Waals surface area contributed by atoms with Gasteiger partial charge in [-0.3, -0.25) is 14.4 Å². The number of carbonyl (C=O) groups excluding carboxylic acids is 2. The molecular weight excluding hydrogens is 412 g/mol. The van der Waals surface area contributed by atoms with Gasteiger partial charge in [-0.25, -0.2) is 0 Å². The highest BCUT2D eigenvalue weighted by molar-refractivity contribution is 9.10. The van der Waals surface area contributed by atoms with Crippen molar-refractivity contribution in [2.45, 2.75) is 33.2 Å². The molecule has 1 aliphatic rings. The van der Waals surface area contributed by atoms with Crippen LogP contribution in [0.5, 0.6) is 0 Å². The Morgan fingerprint density at radius 2 is 1.89 bits per heavy atom. The number of ketones is 1. The third-order valence-electron chi connectivity index (χ3n) is 4.67. The van der Waals surface area contributed by atoms with Crippen molar-refractivity contribution in [1.29, 1.82) is 0 Å². The van der Waals surface area contributed by atoms with E-state index in [4.69, 9.17) is 5.11 Å². The molecule has 2 aromatic rings. The molecule has 1 aliphatic carbocycles. The zero-order valence-electron chi connectivity index (χ0n) is 15.2. The maximum atomic E-state index is 12.7. The standard InChI is InChI=1S/C20H21BrN2O4/c1-20(2)8-16-14(17(24)9-20)7-15(12-3-5-13(21)6-4-12)23(16)11-18(25)22-10-19(26)27/h3-7H,8-11H2,1-2H3,(H,22,25)(H,26,27). The maximum absolute atomic E-state index is 12.7. The fourth-order valence-corrected chi connectivity index (χ4v) is 3.74. The topological polar surface area (TPSA) is 88.4 Å². The van der Waals surface area contributed by atoms with Crippen LogP contribution in [0.25, 0.3) is 11.3 Å². The van der Waals surface area contributed by atoms with Crippen molar-refractivity contribution < 1.29 is 19.5 Å². The largest absolute Gasteiger partial charge is 0.480 e. The van der Waals surface area contributed by atoms with E-state index in [9.17, 15) is 14.4 Å². The fraction of sp³-hybridized carbons (Fsp3) is 0.350. The molecule has 142 valence electrons. The summed E-state index contributed by atoms with van der Waals surface area (Å²) in [6.45, 7) is 3.61. The maximum Gasteiger partial charge on any atom is 0.322 e. The highest BCUT2D eigenvalue weighted by Gasteiger charge is 2.35. The first-order valence-electron chi connectivity index (χ1n) is 8.66. The average molecular weight is 433 g/mol. The van der Waals surface area contributed by atoms with Gasteiger partial charge in [0.25, 0.3) is 0 Å². The summed E-state index contributed by atoms with van der Waals surface area (Å²) in [5.41, 5.74) is 2.97. The van der Waals surface area contributed by atoms with Crippen molar-refractivity contribution in [2.24, 2.45) is 5.41 Å². The number of carbonyl (C=O) groups is 3. The molecular formula is C20H21BrN2O4. The lowest BCUT2D eigenvalue weighted by atomic mass is 9.76. The Morgan fingerprint density at radius 3 is 2.52 bits per heavy atom. The second-order valence-electron chi connectivity index (χ2n) is 7.59. The Balaban J connectivity index is 2.05. The number of rotatable bonds is 5. The molecule has 0 bridgehead atoms. The van der Waals surface area contributed by atoms with Gasteiger partial charge in [0.15, 0.2) is 5.78 Å². The average Bonchev–Trinajstić information content (AvgIpc) is 2.91. The van der Waals surface area contributed by atoms with Crippen LogP contribution in [0.1, 0.15) is 36.3 Å². The summed E-state index contributed by atoms with van der Waals surface area (Å²) < 4.78 is 2.78. The lowest BCUT2D eigenvalue weighted by Gasteiger charge is -2.29. The van der Waals surface area contributed by atoms with Crippen LogP contribution in [-0.2, 0) is 22.6 Å². The Hall–Kier alpha value is -2.41. The van der Waals surface area contributed by atoms with Gasteiger partial charge in [-0.2, -0.15) is 0 Å². The second-order valence-corrected chi connectivity index (χ2v) is 8.51. The number of Topliss-reactive ketones (excluding diaryl/α,β-unsaturated/α-hetero) is 1. The van der Waals surface area contributed by atoms with E-state index in [1.54, 1.807) is 0 Å². The van der Waals surface area contributed by atoms with Gasteiger partial charge in [-0.1, -0.05) is 41.9 Å². The number of nitrogens with zero attached hydrogens (tertiary/aromatic N) is 1. The zero-order valence-corrected chi connectivity index (χ0v) is 16.8. The summed E-state index contributed by atoms with van der Waals surface area (Å²) >= 11 is 3.41. The van der Waals surface area contributed by atoms with Crippen molar-refractivity contribution in [3.63, 3.8) is 0 Å². The molecule has 0 spiro atoms. The summed E-state index contributed by atoms with van der Waals surface area (Å²) in [5.74, 6) is -1.42. The molecule has 1 heterocycles. The van der Waals surface area contributed by atoms with Gasteiger partial charge in [0.2, 0.25) is 5.91 Å². The van der Waals surface area contributed by atoms with Crippen LogP contribution in [0.15, 0.2) is 34.8 Å². The number of halogens is 1. The van der Waals surface area contributed by atoms with E-state index in [0.717, 1.165) is 21.4 Å². The summed E-state index contributed by atoms with van der Waals surface area (Å²) in [4.78, 5) is 35.7. The van der Waals surface area contributed by atoms with Crippen molar-refractivity contribution in [1.82, 2.24) is 9.88 Å². The van der Waals surface area contributed by atoms with E-state index < -0.39 is 18.4 Å². The minimum Gasteiger partial charge on any atom is -0.480 e. The molecule has 0 fully saturated rings. The van der Waals surface area contributed by atoms with E-state index in [-0.39, 0.29) is 17.7 Å².